The average Bonchev–Trinajstić information content (AvgIpc) is 2.75. The van der Waals surface area contributed by atoms with E-state index in [1.54, 1.807) is 17.4 Å². The summed E-state index contributed by atoms with van der Waals surface area (Å²) in [6, 6.07) is 4.14. The second-order valence-electron chi connectivity index (χ2n) is 3.87. The van der Waals surface area contributed by atoms with Gasteiger partial charge in [0.2, 0.25) is 0 Å². The van der Waals surface area contributed by atoms with Crippen molar-refractivity contribution in [3.05, 3.63) is 35.0 Å². The topological polar surface area (TPSA) is 37.3 Å². The van der Waals surface area contributed by atoms with Gasteiger partial charge in [0.1, 0.15) is 0 Å². The van der Waals surface area contributed by atoms with Gasteiger partial charge in [-0.2, -0.15) is 0 Å². The maximum Gasteiger partial charge on any atom is 0.306 e. The van der Waals surface area contributed by atoms with Crippen LogP contribution in [0.15, 0.2) is 30.2 Å². The number of carboxylic acid groups (broad SMARTS) is 1. The molecule has 0 saturated heterocycles. The van der Waals surface area contributed by atoms with E-state index in [0.29, 0.717) is 6.42 Å². The molecule has 0 aliphatic heterocycles. The van der Waals surface area contributed by atoms with E-state index in [1.807, 2.05) is 6.07 Å². The molecule has 1 N–H and O–H groups in total. The third kappa shape index (κ3) is 4.62. The molecule has 88 valence electrons. The number of rotatable bonds is 8. The Kier molecular flexibility index (Phi) is 5.86. The predicted molar refractivity (Wildman–Crippen MR) is 67.8 cm³/mol. The number of aryl methyl sites for hydroxylation is 1. The van der Waals surface area contributed by atoms with Crippen LogP contribution < -0.4 is 0 Å². The molecule has 0 aromatic carbocycles. The first-order valence-electron chi connectivity index (χ1n) is 5.60. The molecule has 2 nitrogen and oxygen atoms in total. The van der Waals surface area contributed by atoms with Crippen LogP contribution in [-0.2, 0) is 11.2 Å². The second-order valence-corrected chi connectivity index (χ2v) is 4.91. The lowest BCUT2D eigenvalue weighted by molar-refractivity contribution is -0.142. The largest absolute Gasteiger partial charge is 0.481 e. The van der Waals surface area contributed by atoms with Gasteiger partial charge in [0.25, 0.3) is 0 Å². The highest BCUT2D eigenvalue weighted by molar-refractivity contribution is 7.09. The zero-order valence-corrected chi connectivity index (χ0v) is 10.2. The van der Waals surface area contributed by atoms with Gasteiger partial charge in [-0.25, -0.2) is 0 Å². The normalized spacial score (nSPS) is 12.2. The Labute approximate surface area is 101 Å². The van der Waals surface area contributed by atoms with Gasteiger partial charge in [0.05, 0.1) is 5.92 Å². The van der Waals surface area contributed by atoms with E-state index in [0.717, 1.165) is 25.7 Å². The van der Waals surface area contributed by atoms with Crippen molar-refractivity contribution >= 4 is 17.3 Å². The summed E-state index contributed by atoms with van der Waals surface area (Å²) in [4.78, 5) is 12.3. The summed E-state index contributed by atoms with van der Waals surface area (Å²) >= 11 is 1.74. The zero-order chi connectivity index (χ0) is 11.8. The Morgan fingerprint density at radius 2 is 2.38 bits per heavy atom. The molecule has 0 aliphatic rings. The van der Waals surface area contributed by atoms with E-state index in [-0.39, 0.29) is 5.92 Å². The van der Waals surface area contributed by atoms with Crippen molar-refractivity contribution < 1.29 is 9.90 Å². The Balaban J connectivity index is 2.26. The van der Waals surface area contributed by atoms with Gasteiger partial charge in [-0.05, 0) is 43.6 Å². The van der Waals surface area contributed by atoms with Crippen molar-refractivity contribution in [1.29, 1.82) is 0 Å². The number of hydrogen-bond donors (Lipinski definition) is 1. The summed E-state index contributed by atoms with van der Waals surface area (Å²) in [5.74, 6) is -0.883. The summed E-state index contributed by atoms with van der Waals surface area (Å²) in [6.07, 6.45) is 6.00. The van der Waals surface area contributed by atoms with Crippen LogP contribution in [0.5, 0.6) is 0 Å². The Bertz CT molecular complexity index is 317. The molecule has 16 heavy (non-hydrogen) atoms. The molecule has 0 aliphatic carbocycles. The van der Waals surface area contributed by atoms with Crippen LogP contribution in [-0.4, -0.2) is 11.1 Å². The number of thiophene rings is 1. The Morgan fingerprint density at radius 1 is 1.56 bits per heavy atom. The number of allylic oxidation sites excluding steroid dienone is 1. The third-order valence-electron chi connectivity index (χ3n) is 2.62. The molecule has 1 atom stereocenters. The number of carboxylic acids is 1. The van der Waals surface area contributed by atoms with Crippen molar-refractivity contribution in [1.82, 2.24) is 0 Å². The molecular weight excluding hydrogens is 220 g/mol. The lowest BCUT2D eigenvalue weighted by Gasteiger charge is -2.10. The van der Waals surface area contributed by atoms with Gasteiger partial charge in [-0.3, -0.25) is 4.79 Å². The minimum absolute atomic E-state index is 0.210. The highest BCUT2D eigenvalue weighted by atomic mass is 32.1. The van der Waals surface area contributed by atoms with Gasteiger partial charge < -0.3 is 5.11 Å². The van der Waals surface area contributed by atoms with E-state index in [1.165, 1.54) is 4.88 Å². The standard InChI is InChI=1S/C13H18O2S/c1-2-3-6-11(13(14)15)7-4-8-12-9-5-10-16-12/h2,5,9-11H,1,3-4,6-8H2,(H,14,15). The van der Waals surface area contributed by atoms with Gasteiger partial charge in [0.15, 0.2) is 0 Å². The Morgan fingerprint density at radius 3 is 2.94 bits per heavy atom. The predicted octanol–water partition coefficient (Wildman–Crippen LogP) is 3.74. The first kappa shape index (κ1) is 13.0. The average molecular weight is 238 g/mol. The zero-order valence-electron chi connectivity index (χ0n) is 9.39. The number of aliphatic carboxylic acids is 1. The summed E-state index contributed by atoms with van der Waals surface area (Å²) in [7, 11) is 0. The summed E-state index contributed by atoms with van der Waals surface area (Å²) in [5.41, 5.74) is 0. The van der Waals surface area contributed by atoms with E-state index in [4.69, 9.17) is 5.11 Å². The number of carbonyl (C=O) groups is 1. The first-order chi connectivity index (χ1) is 7.74. The second kappa shape index (κ2) is 7.23. The summed E-state index contributed by atoms with van der Waals surface area (Å²) < 4.78 is 0. The van der Waals surface area contributed by atoms with Crippen LogP contribution in [0.1, 0.15) is 30.6 Å². The van der Waals surface area contributed by atoms with E-state index in [9.17, 15) is 4.79 Å². The highest BCUT2D eigenvalue weighted by Crippen LogP contribution is 2.18. The minimum Gasteiger partial charge on any atom is -0.481 e. The molecule has 1 heterocycles. The van der Waals surface area contributed by atoms with Gasteiger partial charge in [-0.15, -0.1) is 17.9 Å². The van der Waals surface area contributed by atoms with Crippen molar-refractivity contribution in [2.75, 3.05) is 0 Å². The van der Waals surface area contributed by atoms with E-state index < -0.39 is 5.97 Å². The van der Waals surface area contributed by atoms with Crippen molar-refractivity contribution in [3.8, 4) is 0 Å². The van der Waals surface area contributed by atoms with Gasteiger partial charge >= 0.3 is 5.97 Å². The van der Waals surface area contributed by atoms with Crippen molar-refractivity contribution in [2.45, 2.75) is 32.1 Å². The van der Waals surface area contributed by atoms with Crippen molar-refractivity contribution in [2.24, 2.45) is 5.92 Å². The molecule has 0 bridgehead atoms. The summed E-state index contributed by atoms with van der Waals surface area (Å²) in [6.45, 7) is 3.62. The fourth-order valence-electron chi connectivity index (χ4n) is 1.69. The molecule has 0 spiro atoms. The molecule has 0 fully saturated rings. The fraction of sp³-hybridized carbons (Fsp3) is 0.462. The van der Waals surface area contributed by atoms with Crippen LogP contribution >= 0.6 is 11.3 Å². The maximum absolute atomic E-state index is 11.0. The van der Waals surface area contributed by atoms with Crippen molar-refractivity contribution in [3.63, 3.8) is 0 Å². The van der Waals surface area contributed by atoms with Crippen LogP contribution in [0.4, 0.5) is 0 Å². The molecule has 0 saturated carbocycles. The molecule has 1 aromatic heterocycles. The molecular formula is C13H18O2S. The van der Waals surface area contributed by atoms with Crippen LogP contribution in [0.2, 0.25) is 0 Å². The lowest BCUT2D eigenvalue weighted by Crippen LogP contribution is -2.13. The molecule has 0 amide bonds. The molecule has 1 aromatic rings. The van der Waals surface area contributed by atoms with E-state index >= 15 is 0 Å². The van der Waals surface area contributed by atoms with E-state index in [2.05, 4.69) is 18.0 Å². The maximum atomic E-state index is 11.0. The molecule has 1 rings (SSSR count). The monoisotopic (exact) mass is 238 g/mol. The molecule has 3 heteroatoms. The van der Waals surface area contributed by atoms with Crippen LogP contribution in [0, 0.1) is 5.92 Å². The Hall–Kier alpha value is -1.09. The minimum atomic E-state index is -0.673. The van der Waals surface area contributed by atoms with Gasteiger partial charge in [0, 0.05) is 4.88 Å². The summed E-state index contributed by atoms with van der Waals surface area (Å²) in [5, 5.41) is 11.1. The fourth-order valence-corrected chi connectivity index (χ4v) is 2.44. The lowest BCUT2D eigenvalue weighted by atomic mass is 9.96. The molecule has 1 unspecified atom stereocenters. The van der Waals surface area contributed by atoms with Crippen LogP contribution in [0.25, 0.3) is 0 Å². The molecule has 0 radical (unpaired) electrons. The quantitative estimate of drug-likeness (QED) is 0.700. The first-order valence-corrected chi connectivity index (χ1v) is 6.48. The highest BCUT2D eigenvalue weighted by Gasteiger charge is 2.15. The third-order valence-corrected chi connectivity index (χ3v) is 3.56. The van der Waals surface area contributed by atoms with Gasteiger partial charge in [-0.1, -0.05) is 12.1 Å². The van der Waals surface area contributed by atoms with Crippen LogP contribution in [0.3, 0.4) is 0 Å². The SMILES string of the molecule is C=CCCC(CCCc1cccs1)C(=O)O. The smallest absolute Gasteiger partial charge is 0.306 e. The number of hydrogen-bond acceptors (Lipinski definition) is 2.